The predicted octanol–water partition coefficient (Wildman–Crippen LogP) is 1.57. The van der Waals surface area contributed by atoms with Gasteiger partial charge in [0.05, 0.1) is 30.6 Å². The van der Waals surface area contributed by atoms with E-state index in [0.717, 1.165) is 5.56 Å². The number of amides is 2. The average Bonchev–Trinajstić information content (AvgIpc) is 3.33. The van der Waals surface area contributed by atoms with Crippen LogP contribution in [-0.4, -0.2) is 64.2 Å². The van der Waals surface area contributed by atoms with Gasteiger partial charge in [-0.25, -0.2) is 0 Å². The molecule has 4 heterocycles. The Morgan fingerprint density at radius 3 is 2.72 bits per heavy atom. The molecule has 0 aliphatic carbocycles. The van der Waals surface area contributed by atoms with Crippen molar-refractivity contribution >= 4 is 11.8 Å². The molecule has 2 bridgehead atoms. The van der Waals surface area contributed by atoms with Gasteiger partial charge in [0.1, 0.15) is 5.60 Å². The number of fused-ring (bicyclic) bond motifs is 1. The first-order chi connectivity index (χ1) is 13.9. The van der Waals surface area contributed by atoms with Gasteiger partial charge in [0.25, 0.3) is 0 Å². The van der Waals surface area contributed by atoms with Gasteiger partial charge in [0.15, 0.2) is 0 Å². The van der Waals surface area contributed by atoms with Crippen molar-refractivity contribution in [2.24, 2.45) is 11.8 Å². The third-order valence-electron chi connectivity index (χ3n) is 7.18. The smallest absolute Gasteiger partial charge is 0.230 e. The summed E-state index contributed by atoms with van der Waals surface area (Å²) in [6.07, 6.45) is 4.52. The fraction of sp³-hybridized carbons (Fsp3) is 0.565. The number of likely N-dealkylation sites (tertiary alicyclic amines) is 2. The Morgan fingerprint density at radius 2 is 2.00 bits per heavy atom. The van der Waals surface area contributed by atoms with Crippen LogP contribution in [0.3, 0.4) is 0 Å². The van der Waals surface area contributed by atoms with Crippen LogP contribution >= 0.6 is 0 Å². The molecule has 1 aromatic rings. The third kappa shape index (κ3) is 2.92. The number of aliphatic hydroxyl groups is 1. The number of rotatable bonds is 3. The van der Waals surface area contributed by atoms with E-state index in [-0.39, 0.29) is 24.0 Å². The Kier molecular flexibility index (Phi) is 4.33. The lowest BCUT2D eigenvalue weighted by atomic mass is 9.76. The summed E-state index contributed by atoms with van der Waals surface area (Å²) in [7, 11) is 0. The average molecular weight is 396 g/mol. The zero-order valence-corrected chi connectivity index (χ0v) is 17.0. The molecule has 0 aromatic heterocycles. The van der Waals surface area contributed by atoms with Gasteiger partial charge in [0.2, 0.25) is 11.8 Å². The van der Waals surface area contributed by atoms with Crippen LogP contribution in [0, 0.1) is 25.7 Å². The van der Waals surface area contributed by atoms with Crippen molar-refractivity contribution in [3.8, 4) is 0 Å². The number of aryl methyl sites for hydroxylation is 2. The second-order valence-corrected chi connectivity index (χ2v) is 9.07. The second kappa shape index (κ2) is 6.67. The van der Waals surface area contributed by atoms with E-state index in [1.807, 2.05) is 22.0 Å². The maximum atomic E-state index is 13.4. The Hall–Kier alpha value is -2.18. The molecule has 6 heteroatoms. The van der Waals surface area contributed by atoms with Crippen LogP contribution in [0.15, 0.2) is 30.4 Å². The fourth-order valence-electron chi connectivity index (χ4n) is 5.41. The first-order valence-electron chi connectivity index (χ1n) is 10.6. The zero-order valence-electron chi connectivity index (χ0n) is 17.0. The van der Waals surface area contributed by atoms with Gasteiger partial charge in [-0.3, -0.25) is 9.59 Å². The number of piperidine rings is 1. The molecular formula is C23H28N2O4. The normalized spacial score (nSPS) is 33.6. The number of ether oxygens (including phenoxy) is 1. The van der Waals surface area contributed by atoms with Gasteiger partial charge in [0, 0.05) is 19.6 Å². The first kappa shape index (κ1) is 18.8. The van der Waals surface area contributed by atoms with E-state index < -0.39 is 17.4 Å². The Labute approximate surface area is 171 Å². The maximum absolute atomic E-state index is 13.4. The molecule has 154 valence electrons. The van der Waals surface area contributed by atoms with Gasteiger partial charge in [-0.15, -0.1) is 0 Å². The molecule has 5 rings (SSSR count). The zero-order chi connectivity index (χ0) is 20.3. The molecule has 4 aliphatic heterocycles. The molecule has 1 N–H and O–H groups in total. The summed E-state index contributed by atoms with van der Waals surface area (Å²) in [5.74, 6) is -0.874. The van der Waals surface area contributed by atoms with E-state index >= 15 is 0 Å². The van der Waals surface area contributed by atoms with Gasteiger partial charge >= 0.3 is 0 Å². The van der Waals surface area contributed by atoms with Gasteiger partial charge in [-0.05, 0) is 43.4 Å². The lowest BCUT2D eigenvalue weighted by Crippen LogP contribution is -2.49. The summed E-state index contributed by atoms with van der Waals surface area (Å²) in [5, 5.41) is 9.75. The quantitative estimate of drug-likeness (QED) is 0.788. The molecule has 2 unspecified atom stereocenters. The van der Waals surface area contributed by atoms with Crippen LogP contribution in [0.25, 0.3) is 0 Å². The molecule has 2 amide bonds. The van der Waals surface area contributed by atoms with E-state index in [1.54, 1.807) is 0 Å². The lowest BCUT2D eigenvalue weighted by Gasteiger charge is -2.34. The van der Waals surface area contributed by atoms with Crippen molar-refractivity contribution in [3.05, 3.63) is 47.0 Å². The van der Waals surface area contributed by atoms with Crippen LogP contribution in [0.4, 0.5) is 0 Å². The minimum atomic E-state index is -0.670. The van der Waals surface area contributed by atoms with Gasteiger partial charge < -0.3 is 19.6 Å². The summed E-state index contributed by atoms with van der Waals surface area (Å²) < 4.78 is 6.24. The number of carbonyl (C=O) groups excluding carboxylic acids is 2. The highest BCUT2D eigenvalue weighted by molar-refractivity contribution is 5.93. The standard InChI is InChI=1S/C23H28N2O4/c1-14-3-4-16(11-15(14)2)12-25-13-23-8-5-18(29-23)19(20(23)22(25)28)21(27)24-9-6-17(26)7-10-24/h3-5,8,11,17-20,26H,6-7,9-10,12-13H2,1-2H3/t18-,19?,20?,23-/m0/s1. The van der Waals surface area contributed by atoms with Crippen molar-refractivity contribution in [1.82, 2.24) is 9.80 Å². The topological polar surface area (TPSA) is 70.1 Å². The van der Waals surface area contributed by atoms with Gasteiger partial charge in [-0.2, -0.15) is 0 Å². The highest BCUT2D eigenvalue weighted by Gasteiger charge is 2.67. The number of benzene rings is 1. The fourth-order valence-corrected chi connectivity index (χ4v) is 5.41. The highest BCUT2D eigenvalue weighted by atomic mass is 16.5. The van der Waals surface area contributed by atoms with Crippen molar-refractivity contribution in [3.63, 3.8) is 0 Å². The van der Waals surface area contributed by atoms with Gasteiger partial charge in [-0.1, -0.05) is 30.4 Å². The number of carbonyl (C=O) groups is 2. The SMILES string of the molecule is Cc1ccc(CN2C[C@]34C=C[C@H](O3)C(C(=O)N3CCC(O)CC3)C4C2=O)cc1C. The molecule has 3 saturated heterocycles. The number of nitrogens with zero attached hydrogens (tertiary/aromatic N) is 2. The molecule has 1 aromatic carbocycles. The van der Waals surface area contributed by atoms with E-state index in [2.05, 4.69) is 32.0 Å². The number of aliphatic hydroxyl groups excluding tert-OH is 1. The highest BCUT2D eigenvalue weighted by Crippen LogP contribution is 2.52. The number of hydrogen-bond donors (Lipinski definition) is 1. The Bertz CT molecular complexity index is 889. The third-order valence-corrected chi connectivity index (χ3v) is 7.18. The monoisotopic (exact) mass is 396 g/mol. The maximum Gasteiger partial charge on any atom is 0.230 e. The van der Waals surface area contributed by atoms with Crippen LogP contribution in [0.5, 0.6) is 0 Å². The molecule has 3 fully saturated rings. The molecule has 1 spiro atoms. The second-order valence-electron chi connectivity index (χ2n) is 9.07. The lowest BCUT2D eigenvalue weighted by molar-refractivity contribution is -0.144. The molecule has 4 aliphatic rings. The van der Waals surface area contributed by atoms with E-state index in [0.29, 0.717) is 39.0 Å². The summed E-state index contributed by atoms with van der Waals surface area (Å²) in [6, 6.07) is 6.28. The summed E-state index contributed by atoms with van der Waals surface area (Å²) in [6.45, 7) is 6.29. The van der Waals surface area contributed by atoms with Crippen molar-refractivity contribution in [2.75, 3.05) is 19.6 Å². The van der Waals surface area contributed by atoms with E-state index in [4.69, 9.17) is 4.74 Å². The molecular weight excluding hydrogens is 368 g/mol. The predicted molar refractivity (Wildman–Crippen MR) is 107 cm³/mol. The Balaban J connectivity index is 1.37. The summed E-state index contributed by atoms with van der Waals surface area (Å²) >= 11 is 0. The molecule has 0 saturated carbocycles. The Morgan fingerprint density at radius 1 is 1.24 bits per heavy atom. The first-order valence-corrected chi connectivity index (χ1v) is 10.6. The largest absolute Gasteiger partial charge is 0.393 e. The number of hydrogen-bond acceptors (Lipinski definition) is 4. The van der Waals surface area contributed by atoms with Crippen LogP contribution in [0.2, 0.25) is 0 Å². The molecule has 4 atom stereocenters. The summed E-state index contributed by atoms with van der Waals surface area (Å²) in [4.78, 5) is 30.3. The molecule has 0 radical (unpaired) electrons. The van der Waals surface area contributed by atoms with Crippen molar-refractivity contribution in [2.45, 2.75) is 51.0 Å². The van der Waals surface area contributed by atoms with Crippen molar-refractivity contribution < 1.29 is 19.4 Å². The van der Waals surface area contributed by atoms with Crippen molar-refractivity contribution in [1.29, 1.82) is 0 Å². The van der Waals surface area contributed by atoms with E-state index in [9.17, 15) is 14.7 Å². The molecule has 29 heavy (non-hydrogen) atoms. The minimum absolute atomic E-state index is 0.000458. The van der Waals surface area contributed by atoms with Crippen LogP contribution in [0.1, 0.15) is 29.5 Å². The van der Waals surface area contributed by atoms with Crippen LogP contribution in [-0.2, 0) is 20.9 Å². The van der Waals surface area contributed by atoms with Crippen LogP contribution < -0.4 is 0 Å². The molecule has 6 nitrogen and oxygen atoms in total. The minimum Gasteiger partial charge on any atom is -0.393 e. The van der Waals surface area contributed by atoms with E-state index in [1.165, 1.54) is 11.1 Å². The summed E-state index contributed by atoms with van der Waals surface area (Å²) in [5.41, 5.74) is 2.88.